The monoisotopic (exact) mass is 380 g/mol. The maximum atomic E-state index is 12.3. The van der Waals surface area contributed by atoms with Crippen LogP contribution in [-0.4, -0.2) is 22.4 Å². The molecule has 0 aliphatic rings. The Hall–Kier alpha value is -2.92. The van der Waals surface area contributed by atoms with Crippen molar-refractivity contribution >= 4 is 29.0 Å². The second kappa shape index (κ2) is 8.64. The Morgan fingerprint density at radius 2 is 1.89 bits per heavy atom. The molecule has 0 unspecified atom stereocenters. The highest BCUT2D eigenvalue weighted by Crippen LogP contribution is 2.15. The van der Waals surface area contributed by atoms with Crippen LogP contribution in [0.1, 0.15) is 27.2 Å². The Morgan fingerprint density at radius 3 is 2.59 bits per heavy atom. The molecule has 3 rings (SSSR count). The minimum atomic E-state index is -0.281. The van der Waals surface area contributed by atoms with Crippen LogP contribution in [0.15, 0.2) is 54.9 Å². The molecule has 1 amide bonds. The van der Waals surface area contributed by atoms with Crippen LogP contribution in [0, 0.1) is 13.8 Å². The van der Waals surface area contributed by atoms with E-state index in [-0.39, 0.29) is 11.6 Å². The molecular formula is C21H21ClN4O. The van der Waals surface area contributed by atoms with E-state index >= 15 is 0 Å². The van der Waals surface area contributed by atoms with Gasteiger partial charge in [0.25, 0.3) is 5.91 Å². The van der Waals surface area contributed by atoms with Gasteiger partial charge < -0.3 is 10.6 Å². The molecule has 6 heteroatoms. The van der Waals surface area contributed by atoms with Gasteiger partial charge in [0.2, 0.25) is 0 Å². The first-order valence-electron chi connectivity index (χ1n) is 8.70. The zero-order valence-corrected chi connectivity index (χ0v) is 16.0. The van der Waals surface area contributed by atoms with Gasteiger partial charge in [0.15, 0.2) is 0 Å². The van der Waals surface area contributed by atoms with Gasteiger partial charge in [-0.2, -0.15) is 0 Å². The van der Waals surface area contributed by atoms with Crippen LogP contribution in [0.25, 0.3) is 0 Å². The van der Waals surface area contributed by atoms with E-state index in [1.54, 1.807) is 6.20 Å². The highest BCUT2D eigenvalue weighted by Gasteiger charge is 2.09. The molecule has 3 aromatic rings. The van der Waals surface area contributed by atoms with E-state index in [9.17, 15) is 4.79 Å². The zero-order chi connectivity index (χ0) is 19.2. The van der Waals surface area contributed by atoms with Crippen LogP contribution in [0.3, 0.4) is 0 Å². The molecule has 0 spiro atoms. The predicted molar refractivity (Wildman–Crippen MR) is 110 cm³/mol. The maximum Gasteiger partial charge on any atom is 0.275 e. The van der Waals surface area contributed by atoms with Crippen molar-refractivity contribution in [3.05, 3.63) is 82.3 Å². The fraction of sp³-hybridized carbons (Fsp3) is 0.190. The highest BCUT2D eigenvalue weighted by atomic mass is 35.5. The molecule has 138 valence electrons. The molecule has 1 heterocycles. The van der Waals surface area contributed by atoms with E-state index in [1.807, 2.05) is 56.3 Å². The number of aryl methyl sites for hydroxylation is 2. The van der Waals surface area contributed by atoms with Gasteiger partial charge in [-0.3, -0.25) is 4.79 Å². The lowest BCUT2D eigenvalue weighted by molar-refractivity contribution is 0.102. The number of benzene rings is 2. The molecule has 2 aromatic carbocycles. The second-order valence-electron chi connectivity index (χ2n) is 6.35. The molecule has 0 saturated carbocycles. The van der Waals surface area contributed by atoms with Crippen LogP contribution in [0.4, 0.5) is 11.5 Å². The van der Waals surface area contributed by atoms with E-state index < -0.39 is 0 Å². The lowest BCUT2D eigenvalue weighted by Gasteiger charge is -2.08. The van der Waals surface area contributed by atoms with Crippen LogP contribution in [0.5, 0.6) is 0 Å². The smallest absolute Gasteiger partial charge is 0.275 e. The quantitative estimate of drug-likeness (QED) is 0.653. The number of nitrogens with zero attached hydrogens (tertiary/aromatic N) is 2. The molecule has 0 aliphatic carbocycles. The summed E-state index contributed by atoms with van der Waals surface area (Å²) in [6.07, 6.45) is 3.85. The summed E-state index contributed by atoms with van der Waals surface area (Å²) in [5, 5.41) is 6.76. The van der Waals surface area contributed by atoms with Gasteiger partial charge in [-0.1, -0.05) is 29.8 Å². The summed E-state index contributed by atoms with van der Waals surface area (Å²) in [6.45, 7) is 4.74. The fourth-order valence-corrected chi connectivity index (χ4v) is 2.79. The first-order chi connectivity index (χ1) is 13.0. The van der Waals surface area contributed by atoms with Gasteiger partial charge in [-0.05, 0) is 61.2 Å². The van der Waals surface area contributed by atoms with Gasteiger partial charge >= 0.3 is 0 Å². The zero-order valence-electron chi connectivity index (χ0n) is 15.3. The van der Waals surface area contributed by atoms with Crippen molar-refractivity contribution < 1.29 is 4.79 Å². The molecule has 0 bridgehead atoms. The third-order valence-corrected chi connectivity index (χ3v) is 4.49. The Labute approximate surface area is 163 Å². The van der Waals surface area contributed by atoms with Gasteiger partial charge in [0.1, 0.15) is 11.5 Å². The molecule has 2 N–H and O–H groups in total. The van der Waals surface area contributed by atoms with Crippen molar-refractivity contribution in [2.75, 3.05) is 17.2 Å². The number of hydrogen-bond donors (Lipinski definition) is 2. The van der Waals surface area contributed by atoms with E-state index in [4.69, 9.17) is 11.6 Å². The number of amides is 1. The summed E-state index contributed by atoms with van der Waals surface area (Å²) in [4.78, 5) is 20.8. The lowest BCUT2D eigenvalue weighted by atomic mass is 10.1. The Bertz CT molecular complexity index is 941. The molecule has 0 atom stereocenters. The van der Waals surface area contributed by atoms with Crippen LogP contribution < -0.4 is 10.6 Å². The SMILES string of the molecule is Cc1ccc(NC(=O)c2cnc(NCCc3cccc(Cl)c3)cn2)cc1C. The number of hydrogen-bond acceptors (Lipinski definition) is 4. The average molecular weight is 381 g/mol. The van der Waals surface area contributed by atoms with Crippen molar-refractivity contribution in [1.29, 1.82) is 0 Å². The van der Waals surface area contributed by atoms with Crippen LogP contribution in [0.2, 0.25) is 5.02 Å². The molecule has 0 aliphatic heterocycles. The summed E-state index contributed by atoms with van der Waals surface area (Å²) in [5.74, 6) is 0.344. The predicted octanol–water partition coefficient (Wildman–Crippen LogP) is 4.65. The van der Waals surface area contributed by atoms with Gasteiger partial charge in [-0.25, -0.2) is 9.97 Å². The number of nitrogens with one attached hydrogen (secondary N) is 2. The summed E-state index contributed by atoms with van der Waals surface area (Å²) in [5.41, 5.74) is 4.47. The molecular weight excluding hydrogens is 360 g/mol. The van der Waals surface area contributed by atoms with Gasteiger partial charge in [0.05, 0.1) is 12.4 Å². The molecule has 5 nitrogen and oxygen atoms in total. The van der Waals surface area contributed by atoms with Crippen LogP contribution in [-0.2, 0) is 6.42 Å². The van der Waals surface area contributed by atoms with E-state index in [2.05, 4.69) is 20.6 Å². The van der Waals surface area contributed by atoms with Gasteiger partial charge in [-0.15, -0.1) is 0 Å². The summed E-state index contributed by atoms with van der Waals surface area (Å²) >= 11 is 5.98. The Balaban J connectivity index is 1.54. The number of rotatable bonds is 6. The minimum absolute atomic E-state index is 0.272. The fourth-order valence-electron chi connectivity index (χ4n) is 2.58. The average Bonchev–Trinajstić information content (AvgIpc) is 2.65. The number of anilines is 2. The molecule has 1 aromatic heterocycles. The maximum absolute atomic E-state index is 12.3. The highest BCUT2D eigenvalue weighted by molar-refractivity contribution is 6.30. The Morgan fingerprint density at radius 1 is 1.04 bits per heavy atom. The topological polar surface area (TPSA) is 66.9 Å². The molecule has 0 radical (unpaired) electrons. The minimum Gasteiger partial charge on any atom is -0.368 e. The van der Waals surface area contributed by atoms with Crippen molar-refractivity contribution in [2.24, 2.45) is 0 Å². The number of carbonyl (C=O) groups is 1. The summed E-state index contributed by atoms with van der Waals surface area (Å²) in [6, 6.07) is 13.5. The number of carbonyl (C=O) groups excluding carboxylic acids is 1. The van der Waals surface area contributed by atoms with E-state index in [0.717, 1.165) is 28.3 Å². The first-order valence-corrected chi connectivity index (χ1v) is 9.08. The van der Waals surface area contributed by atoms with Crippen LogP contribution >= 0.6 is 11.6 Å². The molecule has 0 fully saturated rings. The normalized spacial score (nSPS) is 10.5. The largest absolute Gasteiger partial charge is 0.368 e. The number of halogens is 1. The number of aromatic nitrogens is 2. The van der Waals surface area contributed by atoms with Crippen molar-refractivity contribution in [3.63, 3.8) is 0 Å². The third kappa shape index (κ3) is 5.28. The summed E-state index contributed by atoms with van der Waals surface area (Å²) < 4.78 is 0. The standard InChI is InChI=1S/C21H21ClN4O/c1-14-6-7-18(10-15(14)2)26-21(27)19-12-25-20(13-24-19)23-9-8-16-4-3-5-17(22)11-16/h3-7,10-13H,8-9H2,1-2H3,(H,23,25)(H,26,27). The van der Waals surface area contributed by atoms with E-state index in [0.29, 0.717) is 12.4 Å². The first kappa shape index (κ1) is 18.9. The molecule has 0 saturated heterocycles. The summed E-state index contributed by atoms with van der Waals surface area (Å²) in [7, 11) is 0. The van der Waals surface area contributed by atoms with Gasteiger partial charge in [0, 0.05) is 17.3 Å². The molecule has 27 heavy (non-hydrogen) atoms. The van der Waals surface area contributed by atoms with E-state index in [1.165, 1.54) is 11.8 Å². The van der Waals surface area contributed by atoms with Crippen molar-refractivity contribution in [3.8, 4) is 0 Å². The Kier molecular flexibility index (Phi) is 6.04. The third-order valence-electron chi connectivity index (χ3n) is 4.26. The second-order valence-corrected chi connectivity index (χ2v) is 6.78. The lowest BCUT2D eigenvalue weighted by Crippen LogP contribution is -2.15. The van der Waals surface area contributed by atoms with Crippen molar-refractivity contribution in [2.45, 2.75) is 20.3 Å². The van der Waals surface area contributed by atoms with Crippen molar-refractivity contribution in [1.82, 2.24) is 9.97 Å².